The second kappa shape index (κ2) is 12.5. The molecule has 2 heterocycles. The average Bonchev–Trinajstić information content (AvgIpc) is 3.31. The normalized spacial score (nSPS) is 13.3. The second-order valence-corrected chi connectivity index (χ2v) is 11.0. The van der Waals surface area contributed by atoms with Crippen LogP contribution in [0.2, 0.25) is 0 Å². The molecule has 7 nitrogen and oxygen atoms in total. The number of aryl methyl sites for hydroxylation is 1. The fourth-order valence-corrected chi connectivity index (χ4v) is 5.19. The number of ether oxygens (including phenoxy) is 2. The zero-order valence-corrected chi connectivity index (χ0v) is 24.0. The molecule has 1 saturated carbocycles. The monoisotopic (exact) mass is 601 g/mol. The van der Waals surface area contributed by atoms with Crippen molar-refractivity contribution in [3.8, 4) is 17.1 Å². The maximum absolute atomic E-state index is 15.5. The zero-order chi connectivity index (χ0) is 30.8. The Kier molecular flexibility index (Phi) is 8.34. The third kappa shape index (κ3) is 6.30. The predicted octanol–water partition coefficient (Wildman–Crippen LogP) is 7.26. The first-order valence-electron chi connectivity index (χ1n) is 14.4. The van der Waals surface area contributed by atoms with Crippen molar-refractivity contribution < 1.29 is 32.5 Å². The summed E-state index contributed by atoms with van der Waals surface area (Å²) < 4.78 is 58.6. The van der Waals surface area contributed by atoms with Crippen molar-refractivity contribution >= 4 is 17.0 Å². The smallest absolute Gasteiger partial charge is 0.335 e. The summed E-state index contributed by atoms with van der Waals surface area (Å²) in [4.78, 5) is 20.6. The molecule has 1 N–H and O–H groups in total. The molecule has 0 aliphatic heterocycles. The van der Waals surface area contributed by atoms with Crippen LogP contribution in [0, 0.1) is 24.4 Å². The molecule has 2 aromatic heterocycles. The summed E-state index contributed by atoms with van der Waals surface area (Å²) in [6.07, 6.45) is 3.33. The largest absolute Gasteiger partial charge is 0.478 e. The molecule has 0 bridgehead atoms. The summed E-state index contributed by atoms with van der Waals surface area (Å²) in [6, 6.07) is 16.3. The first-order valence-corrected chi connectivity index (χ1v) is 14.4. The molecule has 1 fully saturated rings. The molecule has 3 aromatic carbocycles. The Morgan fingerprint density at radius 2 is 1.77 bits per heavy atom. The average molecular weight is 602 g/mol. The third-order valence-electron chi connectivity index (χ3n) is 7.86. The van der Waals surface area contributed by atoms with E-state index in [0.29, 0.717) is 35.6 Å². The zero-order valence-electron chi connectivity index (χ0n) is 24.0. The van der Waals surface area contributed by atoms with Gasteiger partial charge >= 0.3 is 5.97 Å². The highest BCUT2D eigenvalue weighted by Gasteiger charge is 2.21. The van der Waals surface area contributed by atoms with Crippen molar-refractivity contribution in [1.82, 2.24) is 14.5 Å². The van der Waals surface area contributed by atoms with Crippen LogP contribution in [0.25, 0.3) is 22.3 Å². The molecular formula is C34H30F3N3O4. The van der Waals surface area contributed by atoms with Crippen LogP contribution in [-0.2, 0) is 24.3 Å². The molecule has 1 aliphatic rings. The molecule has 0 atom stereocenters. The lowest BCUT2D eigenvalue weighted by Crippen LogP contribution is -2.23. The van der Waals surface area contributed by atoms with Gasteiger partial charge in [-0.3, -0.25) is 0 Å². The number of benzene rings is 3. The number of nitrogens with zero attached hydrogens (tertiary/aromatic N) is 3. The number of halogens is 3. The lowest BCUT2D eigenvalue weighted by atomic mass is 9.96. The Labute approximate surface area is 251 Å². The van der Waals surface area contributed by atoms with Gasteiger partial charge < -0.3 is 19.1 Å². The van der Waals surface area contributed by atoms with Gasteiger partial charge in [0.05, 0.1) is 35.0 Å². The van der Waals surface area contributed by atoms with Crippen LogP contribution >= 0.6 is 0 Å². The minimum atomic E-state index is -1.07. The lowest BCUT2D eigenvalue weighted by molar-refractivity contribution is -0.00120. The van der Waals surface area contributed by atoms with E-state index >= 15 is 8.78 Å². The van der Waals surface area contributed by atoms with Crippen LogP contribution in [0.5, 0.6) is 5.88 Å². The van der Waals surface area contributed by atoms with Crippen LogP contribution in [0.15, 0.2) is 66.7 Å². The first kappa shape index (κ1) is 29.4. The van der Waals surface area contributed by atoms with Crippen LogP contribution in [0.4, 0.5) is 13.2 Å². The minimum absolute atomic E-state index is 0.0256. The van der Waals surface area contributed by atoms with Crippen molar-refractivity contribution in [2.75, 3.05) is 6.61 Å². The molecule has 0 radical (unpaired) electrons. The van der Waals surface area contributed by atoms with Crippen molar-refractivity contribution in [3.05, 3.63) is 112 Å². The molecule has 0 spiro atoms. The Bertz CT molecular complexity index is 1850. The highest BCUT2D eigenvalue weighted by atomic mass is 19.1. The van der Waals surface area contributed by atoms with Crippen molar-refractivity contribution in [1.29, 1.82) is 0 Å². The number of carboxylic acid groups (broad SMARTS) is 1. The SMILES string of the molecule is Cc1ccc(COc2cccc(-c3cc(F)c(Cc4nc5ccc(C(=O)O)cc5n4CCOC4CCC4)cc3F)n2)c(F)c1. The van der Waals surface area contributed by atoms with Crippen LogP contribution in [0.3, 0.4) is 0 Å². The molecule has 5 aromatic rings. The summed E-state index contributed by atoms with van der Waals surface area (Å²) in [5, 5.41) is 9.50. The van der Waals surface area contributed by atoms with Crippen LogP contribution in [0.1, 0.15) is 52.1 Å². The molecule has 0 saturated heterocycles. The van der Waals surface area contributed by atoms with Gasteiger partial charge in [0, 0.05) is 30.2 Å². The van der Waals surface area contributed by atoms with Gasteiger partial charge in [0.2, 0.25) is 5.88 Å². The molecule has 1 aliphatic carbocycles. The number of aromatic nitrogens is 3. The third-order valence-corrected chi connectivity index (χ3v) is 7.86. The molecule has 226 valence electrons. The number of hydrogen-bond acceptors (Lipinski definition) is 5. The second-order valence-electron chi connectivity index (χ2n) is 11.0. The van der Waals surface area contributed by atoms with Gasteiger partial charge in [-0.2, -0.15) is 0 Å². The van der Waals surface area contributed by atoms with E-state index in [1.165, 1.54) is 18.2 Å². The predicted molar refractivity (Wildman–Crippen MR) is 158 cm³/mol. The van der Waals surface area contributed by atoms with Crippen molar-refractivity contribution in [2.45, 2.75) is 51.9 Å². The fourth-order valence-electron chi connectivity index (χ4n) is 5.19. The van der Waals surface area contributed by atoms with Gasteiger partial charge in [0.25, 0.3) is 0 Å². The molecule has 10 heteroatoms. The van der Waals surface area contributed by atoms with E-state index in [1.54, 1.807) is 43.3 Å². The number of hydrogen-bond donors (Lipinski definition) is 1. The van der Waals surface area contributed by atoms with Gasteiger partial charge in [-0.25, -0.2) is 27.9 Å². The summed E-state index contributed by atoms with van der Waals surface area (Å²) in [6.45, 7) is 2.49. The van der Waals surface area contributed by atoms with E-state index in [2.05, 4.69) is 9.97 Å². The standard InChI is InChI=1S/C34H30F3N3O4/c1-20-8-9-22(26(35)14-20)19-44-33-7-3-6-29(39-33)25-18-27(36)23(15-28(25)37)17-32-38-30-11-10-21(34(41)42)16-31(30)40(32)12-13-43-24-4-2-5-24/h3,6-11,14-16,18,24H,2,4-5,12-13,17,19H2,1H3,(H,41,42). The summed E-state index contributed by atoms with van der Waals surface area (Å²) in [5.74, 6) is -2.19. The van der Waals surface area contributed by atoms with Crippen molar-refractivity contribution in [2.24, 2.45) is 0 Å². The Morgan fingerprint density at radius 1 is 0.955 bits per heavy atom. The fraction of sp³-hybridized carbons (Fsp3) is 0.265. The van der Waals surface area contributed by atoms with E-state index < -0.39 is 23.4 Å². The molecule has 0 amide bonds. The van der Waals surface area contributed by atoms with Gasteiger partial charge in [0.1, 0.15) is 29.9 Å². The number of carbonyl (C=O) groups is 1. The number of imidazole rings is 1. The first-order chi connectivity index (χ1) is 21.2. The van der Waals surface area contributed by atoms with E-state index in [0.717, 1.165) is 37.0 Å². The topological polar surface area (TPSA) is 86.5 Å². The van der Waals surface area contributed by atoms with E-state index in [9.17, 15) is 14.3 Å². The summed E-state index contributed by atoms with van der Waals surface area (Å²) in [5.41, 5.74) is 2.58. The Balaban J connectivity index is 1.25. The molecule has 0 unspecified atom stereocenters. The molecule has 6 rings (SSSR count). The molecule has 44 heavy (non-hydrogen) atoms. The highest BCUT2D eigenvalue weighted by molar-refractivity contribution is 5.92. The van der Waals surface area contributed by atoms with Gasteiger partial charge in [0.15, 0.2) is 0 Å². The lowest BCUT2D eigenvalue weighted by Gasteiger charge is -2.25. The quantitative estimate of drug-likeness (QED) is 0.172. The van der Waals surface area contributed by atoms with Crippen molar-refractivity contribution in [3.63, 3.8) is 0 Å². The van der Waals surface area contributed by atoms with E-state index in [1.807, 2.05) is 4.57 Å². The van der Waals surface area contributed by atoms with Crippen LogP contribution in [-0.4, -0.2) is 38.3 Å². The number of rotatable bonds is 11. The maximum atomic E-state index is 15.5. The van der Waals surface area contributed by atoms with Gasteiger partial charge in [-0.05, 0) is 79.8 Å². The van der Waals surface area contributed by atoms with E-state index in [-0.39, 0.29) is 47.4 Å². The molecular weight excluding hydrogens is 571 g/mol. The Morgan fingerprint density at radius 3 is 2.52 bits per heavy atom. The Hall–Kier alpha value is -4.70. The minimum Gasteiger partial charge on any atom is -0.478 e. The number of fused-ring (bicyclic) bond motifs is 1. The van der Waals surface area contributed by atoms with E-state index in [4.69, 9.17) is 9.47 Å². The summed E-state index contributed by atoms with van der Waals surface area (Å²) >= 11 is 0. The summed E-state index contributed by atoms with van der Waals surface area (Å²) in [7, 11) is 0. The number of carboxylic acids is 1. The highest BCUT2D eigenvalue weighted by Crippen LogP contribution is 2.29. The number of aromatic carboxylic acids is 1. The van der Waals surface area contributed by atoms with Gasteiger partial charge in [-0.15, -0.1) is 0 Å². The van der Waals surface area contributed by atoms with Gasteiger partial charge in [-0.1, -0.05) is 18.2 Å². The maximum Gasteiger partial charge on any atom is 0.335 e. The number of pyridine rings is 1. The van der Waals surface area contributed by atoms with Crippen LogP contribution < -0.4 is 4.74 Å².